The van der Waals surface area contributed by atoms with Crippen LogP contribution < -0.4 is 53.6 Å². The van der Waals surface area contributed by atoms with Gasteiger partial charge in [-0.2, -0.15) is 0 Å². The minimum Gasteiger partial charge on any atom is -0.545 e. The second kappa shape index (κ2) is 11.2. The van der Waals surface area contributed by atoms with Crippen molar-refractivity contribution in [3.63, 3.8) is 0 Å². The van der Waals surface area contributed by atoms with Gasteiger partial charge in [-0.3, -0.25) is 4.79 Å². The molecule has 0 fully saturated rings. The first-order valence-corrected chi connectivity index (χ1v) is 10.2. The largest absolute Gasteiger partial charge is 1.00 e. The number of ketones is 1. The van der Waals surface area contributed by atoms with E-state index in [2.05, 4.69) is 0 Å². The van der Waals surface area contributed by atoms with Crippen LogP contribution in [0, 0.1) is 0 Å². The van der Waals surface area contributed by atoms with Crippen LogP contribution in [0.15, 0.2) is 72.3 Å². The molecule has 0 N–H and O–H groups in total. The maximum absolute atomic E-state index is 13.6. The van der Waals surface area contributed by atoms with E-state index in [1.807, 2.05) is 0 Å². The summed E-state index contributed by atoms with van der Waals surface area (Å²) in [4.78, 5) is 25.9. The quantitative estimate of drug-likeness (QED) is 0.262. The Morgan fingerprint density at radius 1 is 0.824 bits per heavy atom. The first-order valence-electron chi connectivity index (χ1n) is 10.2. The number of Topliss-reactive ketones (excluding diaryl/α,β-unsaturated/α-hetero) is 1. The van der Waals surface area contributed by atoms with Gasteiger partial charge in [-0.1, -0.05) is 18.2 Å². The van der Waals surface area contributed by atoms with E-state index in [0.29, 0.717) is 34.1 Å². The van der Waals surface area contributed by atoms with E-state index in [0.717, 1.165) is 5.56 Å². The molecule has 0 bridgehead atoms. The number of benzene rings is 3. The van der Waals surface area contributed by atoms with Gasteiger partial charge in [0.1, 0.15) is 11.5 Å². The maximum Gasteiger partial charge on any atom is 1.00 e. The second-order valence-corrected chi connectivity index (χ2v) is 7.29. The molecule has 4 rings (SSSR count). The van der Waals surface area contributed by atoms with E-state index in [9.17, 15) is 14.7 Å². The predicted molar refractivity (Wildman–Crippen MR) is 119 cm³/mol. The zero-order valence-corrected chi connectivity index (χ0v) is 21.1. The summed E-state index contributed by atoms with van der Waals surface area (Å²) in [5, 5.41) is 12.3. The number of carboxylic acids is 1. The van der Waals surface area contributed by atoms with Gasteiger partial charge in [0, 0.05) is 23.1 Å². The summed E-state index contributed by atoms with van der Waals surface area (Å²) < 4.78 is 21.1. The summed E-state index contributed by atoms with van der Waals surface area (Å²) >= 11 is 0. The molecule has 0 amide bonds. The Morgan fingerprint density at radius 2 is 1.38 bits per heavy atom. The second-order valence-electron chi connectivity index (χ2n) is 7.29. The van der Waals surface area contributed by atoms with Crippen LogP contribution in [-0.4, -0.2) is 32.8 Å². The monoisotopic (exact) mass is 468 g/mol. The normalized spacial score (nSPS) is 12.3. The molecule has 0 atom stereocenters. The van der Waals surface area contributed by atoms with Gasteiger partial charge in [-0.05, 0) is 59.7 Å². The van der Waals surface area contributed by atoms with Gasteiger partial charge >= 0.3 is 29.6 Å². The molecule has 0 unspecified atom stereocenters. The van der Waals surface area contributed by atoms with Crippen molar-refractivity contribution in [2.45, 2.75) is 6.42 Å². The van der Waals surface area contributed by atoms with Crippen molar-refractivity contribution < 1.29 is 63.2 Å². The van der Waals surface area contributed by atoms with Gasteiger partial charge in [0.2, 0.25) is 6.79 Å². The predicted octanol–water partition coefficient (Wildman–Crippen LogP) is 0.0656. The summed E-state index contributed by atoms with van der Waals surface area (Å²) in [7, 11) is 3.08. The third-order valence-electron chi connectivity index (χ3n) is 5.33. The van der Waals surface area contributed by atoms with E-state index < -0.39 is 11.8 Å². The van der Waals surface area contributed by atoms with Gasteiger partial charge in [-0.25, -0.2) is 0 Å². The van der Waals surface area contributed by atoms with Crippen molar-refractivity contribution >= 4 is 17.3 Å². The van der Waals surface area contributed by atoms with E-state index in [-0.39, 0.29) is 53.9 Å². The molecular formula is C26H21NaO7. The first kappa shape index (κ1) is 25.4. The van der Waals surface area contributed by atoms with Crippen LogP contribution in [0.3, 0.4) is 0 Å². The van der Waals surface area contributed by atoms with Crippen molar-refractivity contribution in [3.8, 4) is 23.0 Å². The smallest absolute Gasteiger partial charge is 0.545 e. The number of carbonyl (C=O) groups is 2. The topological polar surface area (TPSA) is 94.1 Å². The molecule has 0 spiro atoms. The van der Waals surface area contributed by atoms with Gasteiger partial charge in [0.05, 0.1) is 20.2 Å². The molecular weight excluding hydrogens is 447 g/mol. The Labute approximate surface area is 219 Å². The molecule has 1 aliphatic rings. The minimum absolute atomic E-state index is 0. The maximum atomic E-state index is 13.6. The zero-order chi connectivity index (χ0) is 23.4. The van der Waals surface area contributed by atoms with Gasteiger partial charge in [0.25, 0.3) is 0 Å². The number of fused-ring (bicyclic) bond motifs is 1. The van der Waals surface area contributed by atoms with Crippen molar-refractivity contribution in [2.24, 2.45) is 0 Å². The number of carbonyl (C=O) groups excluding carboxylic acids is 2. The van der Waals surface area contributed by atoms with Crippen LogP contribution in [0.2, 0.25) is 0 Å². The van der Waals surface area contributed by atoms with Gasteiger partial charge < -0.3 is 28.8 Å². The van der Waals surface area contributed by atoms with Crippen molar-refractivity contribution in [2.75, 3.05) is 21.0 Å². The average molecular weight is 468 g/mol. The van der Waals surface area contributed by atoms with Crippen LogP contribution in [0.25, 0.3) is 5.57 Å². The molecule has 34 heavy (non-hydrogen) atoms. The van der Waals surface area contributed by atoms with E-state index >= 15 is 0 Å². The third-order valence-corrected chi connectivity index (χ3v) is 5.33. The number of carboxylic acid groups (broad SMARTS) is 1. The minimum atomic E-state index is -1.46. The Bertz CT molecular complexity index is 1210. The van der Waals surface area contributed by atoms with Crippen LogP contribution >= 0.6 is 0 Å². The number of methoxy groups -OCH3 is 2. The number of rotatable bonds is 8. The molecule has 1 aliphatic heterocycles. The van der Waals surface area contributed by atoms with E-state index in [1.165, 1.54) is 7.11 Å². The van der Waals surface area contributed by atoms with Crippen molar-refractivity contribution in [1.29, 1.82) is 0 Å². The van der Waals surface area contributed by atoms with Gasteiger partial charge in [0.15, 0.2) is 17.3 Å². The van der Waals surface area contributed by atoms with Crippen LogP contribution in [-0.2, 0) is 11.2 Å². The number of hydrogen-bond donors (Lipinski definition) is 0. The van der Waals surface area contributed by atoms with Crippen LogP contribution in [0.4, 0.5) is 0 Å². The molecule has 0 radical (unpaired) electrons. The summed E-state index contributed by atoms with van der Waals surface area (Å²) in [5.41, 5.74) is 1.25. The summed E-state index contributed by atoms with van der Waals surface area (Å²) in [6.07, 6.45) is 0.0760. The fraction of sp³-hybridized carbons (Fsp3) is 0.154. The van der Waals surface area contributed by atoms with E-state index in [4.69, 9.17) is 18.9 Å². The fourth-order valence-electron chi connectivity index (χ4n) is 3.61. The van der Waals surface area contributed by atoms with Crippen molar-refractivity contribution in [1.82, 2.24) is 0 Å². The fourth-order valence-corrected chi connectivity index (χ4v) is 3.61. The Kier molecular flexibility index (Phi) is 8.39. The Balaban J connectivity index is 0.00000324. The molecule has 0 saturated carbocycles. The molecule has 7 nitrogen and oxygen atoms in total. The number of aliphatic carboxylic acids is 1. The number of allylic oxidation sites excluding steroid dienone is 1. The van der Waals surface area contributed by atoms with Gasteiger partial charge in [-0.15, -0.1) is 0 Å². The molecule has 1 heterocycles. The standard InChI is InChI=1S/C26H22O7.Na/c1-30-19-8-3-16(4-9-19)13-21(25(27)17-5-10-20(31-2)11-6-17)24(26(28)29)18-7-12-22-23(14-18)33-15-32-22;/h3-12,14H,13,15H2,1-2H3,(H,28,29);/q;+1/p-1. The first-order chi connectivity index (χ1) is 16.0. The zero-order valence-electron chi connectivity index (χ0n) is 19.1. The average Bonchev–Trinajstić information content (AvgIpc) is 3.31. The molecule has 8 heteroatoms. The van der Waals surface area contributed by atoms with Crippen molar-refractivity contribution in [3.05, 3.63) is 89.0 Å². The summed E-state index contributed by atoms with van der Waals surface area (Å²) in [6.45, 7) is 0.0483. The van der Waals surface area contributed by atoms with Crippen LogP contribution in [0.1, 0.15) is 21.5 Å². The summed E-state index contributed by atoms with van der Waals surface area (Å²) in [5.74, 6) is 0.274. The number of hydrogen-bond acceptors (Lipinski definition) is 7. The molecule has 3 aromatic rings. The third kappa shape index (κ3) is 5.44. The Morgan fingerprint density at radius 3 is 1.97 bits per heavy atom. The molecule has 0 saturated heterocycles. The molecule has 0 aromatic heterocycles. The van der Waals surface area contributed by atoms with E-state index in [1.54, 1.807) is 73.8 Å². The molecule has 3 aromatic carbocycles. The number of ether oxygens (including phenoxy) is 4. The molecule has 168 valence electrons. The summed E-state index contributed by atoms with van der Waals surface area (Å²) in [6, 6.07) is 18.3. The Hall–Kier alpha value is -3.26. The molecule has 0 aliphatic carbocycles. The SMILES string of the molecule is COc1ccc(CC(C(=O)c2ccc(OC)cc2)=C(C(=O)[O-])c2ccc3c(c2)OCO3)cc1.[Na+]. The van der Waals surface area contributed by atoms with Crippen LogP contribution in [0.5, 0.6) is 23.0 Å².